The molecule has 1 aliphatic rings. The predicted molar refractivity (Wildman–Crippen MR) is 135 cm³/mol. The highest BCUT2D eigenvalue weighted by Crippen LogP contribution is 2.41. The van der Waals surface area contributed by atoms with E-state index in [1.165, 1.54) is 12.7 Å². The Morgan fingerprint density at radius 3 is 2.68 bits per heavy atom. The van der Waals surface area contributed by atoms with E-state index in [0.717, 1.165) is 35.7 Å². The third-order valence-corrected chi connectivity index (χ3v) is 6.61. The van der Waals surface area contributed by atoms with Crippen molar-refractivity contribution < 1.29 is 14.3 Å². The number of aromatic nitrogens is 2. The molecule has 1 aliphatic heterocycles. The van der Waals surface area contributed by atoms with Gasteiger partial charge in [-0.15, -0.1) is 0 Å². The van der Waals surface area contributed by atoms with Crippen LogP contribution in [0.25, 0.3) is 5.69 Å². The van der Waals surface area contributed by atoms with Gasteiger partial charge in [-0.2, -0.15) is 0 Å². The van der Waals surface area contributed by atoms with Crippen LogP contribution in [0.2, 0.25) is 0 Å². The maximum atomic E-state index is 12.1. The molecule has 1 N–H and O–H groups in total. The third-order valence-electron chi connectivity index (χ3n) is 6.26. The Bertz CT molecular complexity index is 1180. The average Bonchev–Trinajstić information content (AvgIpc) is 3.34. The van der Waals surface area contributed by atoms with Crippen molar-refractivity contribution >= 4 is 23.3 Å². The van der Waals surface area contributed by atoms with Crippen LogP contribution in [0.4, 0.5) is 0 Å². The molecule has 2 atom stereocenters. The van der Waals surface area contributed by atoms with Gasteiger partial charge in [-0.05, 0) is 74.4 Å². The van der Waals surface area contributed by atoms with Gasteiger partial charge in [0.05, 0.1) is 30.5 Å². The standard InChI is InChI=1S/C26H30N4O3S/c1-17-15-21(18(2)30(17)20-10-7-9-19(16-20)25(31)33-4)24-23(22-11-5-6-12-27-22)28-26(34)29(24)13-8-14-32-3/h5-7,9-12,15-16,23-24H,8,13-14H2,1-4H3,(H,28,34). The quantitative estimate of drug-likeness (QED) is 0.294. The molecule has 34 heavy (non-hydrogen) atoms. The summed E-state index contributed by atoms with van der Waals surface area (Å²) < 4.78 is 12.4. The molecular formula is C26H30N4O3S. The molecule has 3 heterocycles. The molecule has 3 aromatic rings. The molecule has 1 saturated heterocycles. The lowest BCUT2D eigenvalue weighted by atomic mass is 9.96. The monoisotopic (exact) mass is 478 g/mol. The molecular weight excluding hydrogens is 448 g/mol. The van der Waals surface area contributed by atoms with Crippen molar-refractivity contribution in [2.24, 2.45) is 0 Å². The lowest BCUT2D eigenvalue weighted by molar-refractivity contribution is 0.0600. The molecule has 8 heteroatoms. The summed E-state index contributed by atoms with van der Waals surface area (Å²) >= 11 is 5.77. The second-order valence-electron chi connectivity index (χ2n) is 8.37. The number of benzene rings is 1. The number of pyridine rings is 1. The van der Waals surface area contributed by atoms with Crippen LogP contribution in [0, 0.1) is 13.8 Å². The van der Waals surface area contributed by atoms with Crippen LogP contribution in [0.15, 0.2) is 54.7 Å². The van der Waals surface area contributed by atoms with Gasteiger partial charge in [-0.25, -0.2) is 4.79 Å². The zero-order valence-electron chi connectivity index (χ0n) is 19.9. The first-order chi connectivity index (χ1) is 16.5. The van der Waals surface area contributed by atoms with E-state index in [0.29, 0.717) is 17.3 Å². The number of esters is 1. The van der Waals surface area contributed by atoms with Crippen molar-refractivity contribution in [1.82, 2.24) is 19.8 Å². The fourth-order valence-electron chi connectivity index (χ4n) is 4.74. The summed E-state index contributed by atoms with van der Waals surface area (Å²) in [7, 11) is 3.11. The Balaban J connectivity index is 1.78. The number of hydrogen-bond acceptors (Lipinski definition) is 5. The number of ether oxygens (including phenoxy) is 2. The molecule has 0 aliphatic carbocycles. The maximum Gasteiger partial charge on any atom is 0.337 e. The lowest BCUT2D eigenvalue weighted by Crippen LogP contribution is -2.31. The van der Waals surface area contributed by atoms with Crippen LogP contribution < -0.4 is 5.32 Å². The zero-order valence-corrected chi connectivity index (χ0v) is 20.8. The SMILES string of the molecule is COCCCN1C(=S)NC(c2ccccn2)C1c1cc(C)n(-c2cccc(C(=O)OC)c2)c1C. The Hall–Kier alpha value is -3.23. The molecule has 1 fully saturated rings. The second kappa shape index (κ2) is 10.4. The summed E-state index contributed by atoms with van der Waals surface area (Å²) in [5, 5.41) is 4.22. The molecule has 2 aromatic heterocycles. The van der Waals surface area contributed by atoms with Crippen molar-refractivity contribution in [3.63, 3.8) is 0 Å². The van der Waals surface area contributed by atoms with Gasteiger partial charge >= 0.3 is 5.97 Å². The molecule has 1 aromatic carbocycles. The van der Waals surface area contributed by atoms with E-state index in [2.05, 4.69) is 39.7 Å². The molecule has 178 valence electrons. The van der Waals surface area contributed by atoms with Gasteiger partial charge in [0.15, 0.2) is 5.11 Å². The van der Waals surface area contributed by atoms with Gasteiger partial charge in [0, 0.05) is 43.5 Å². The minimum absolute atomic E-state index is 0.0250. The van der Waals surface area contributed by atoms with Crippen molar-refractivity contribution in [2.45, 2.75) is 32.4 Å². The minimum atomic E-state index is -0.352. The van der Waals surface area contributed by atoms with Crippen molar-refractivity contribution in [3.8, 4) is 5.69 Å². The highest BCUT2D eigenvalue weighted by atomic mass is 32.1. The largest absolute Gasteiger partial charge is 0.465 e. The zero-order chi connectivity index (χ0) is 24.2. The fourth-order valence-corrected chi connectivity index (χ4v) is 5.07. The van der Waals surface area contributed by atoms with E-state index in [1.807, 2.05) is 42.6 Å². The van der Waals surface area contributed by atoms with E-state index in [-0.39, 0.29) is 18.1 Å². The number of thiocarbonyl (C=S) groups is 1. The Kier molecular flexibility index (Phi) is 7.29. The smallest absolute Gasteiger partial charge is 0.337 e. The Labute approximate surface area is 205 Å². The van der Waals surface area contributed by atoms with Crippen LogP contribution in [-0.4, -0.2) is 52.9 Å². The van der Waals surface area contributed by atoms with Gasteiger partial charge in [0.25, 0.3) is 0 Å². The molecule has 0 saturated carbocycles. The molecule has 4 rings (SSSR count). The number of nitrogens with zero attached hydrogens (tertiary/aromatic N) is 3. The third kappa shape index (κ3) is 4.56. The van der Waals surface area contributed by atoms with E-state index in [4.69, 9.17) is 21.7 Å². The van der Waals surface area contributed by atoms with E-state index < -0.39 is 0 Å². The summed E-state index contributed by atoms with van der Waals surface area (Å²) in [4.78, 5) is 19.0. The molecule has 2 unspecified atom stereocenters. The van der Waals surface area contributed by atoms with Crippen LogP contribution in [0.5, 0.6) is 0 Å². The molecule has 0 spiro atoms. The fraction of sp³-hybridized carbons (Fsp3) is 0.346. The number of rotatable bonds is 8. The summed E-state index contributed by atoms with van der Waals surface area (Å²) in [5.41, 5.74) is 5.71. The minimum Gasteiger partial charge on any atom is -0.465 e. The molecule has 0 bridgehead atoms. The summed E-state index contributed by atoms with van der Waals surface area (Å²) in [6, 6.07) is 15.6. The van der Waals surface area contributed by atoms with Crippen molar-refractivity contribution in [1.29, 1.82) is 0 Å². The van der Waals surface area contributed by atoms with Crippen LogP contribution >= 0.6 is 12.2 Å². The first-order valence-electron chi connectivity index (χ1n) is 11.3. The van der Waals surface area contributed by atoms with Gasteiger partial charge < -0.3 is 24.3 Å². The number of carbonyl (C=O) groups is 1. The van der Waals surface area contributed by atoms with E-state index in [9.17, 15) is 4.79 Å². The predicted octanol–water partition coefficient (Wildman–Crippen LogP) is 4.28. The Morgan fingerprint density at radius 1 is 1.15 bits per heavy atom. The normalized spacial score (nSPS) is 17.6. The van der Waals surface area contributed by atoms with Gasteiger partial charge in [-0.1, -0.05) is 12.1 Å². The van der Waals surface area contributed by atoms with Gasteiger partial charge in [-0.3, -0.25) is 4.98 Å². The van der Waals surface area contributed by atoms with Crippen molar-refractivity contribution in [2.75, 3.05) is 27.4 Å². The average molecular weight is 479 g/mol. The highest BCUT2D eigenvalue weighted by Gasteiger charge is 2.41. The molecule has 7 nitrogen and oxygen atoms in total. The molecule has 0 radical (unpaired) electrons. The topological polar surface area (TPSA) is 68.6 Å². The first kappa shape index (κ1) is 23.9. The highest BCUT2D eigenvalue weighted by molar-refractivity contribution is 7.80. The van der Waals surface area contributed by atoms with Gasteiger partial charge in [0.2, 0.25) is 0 Å². The molecule has 0 amide bonds. The van der Waals surface area contributed by atoms with Crippen molar-refractivity contribution in [3.05, 3.63) is 82.9 Å². The number of nitrogens with one attached hydrogen (secondary N) is 1. The summed E-state index contributed by atoms with van der Waals surface area (Å²) in [5.74, 6) is -0.352. The number of aryl methyl sites for hydroxylation is 1. The summed E-state index contributed by atoms with van der Waals surface area (Å²) in [6.45, 7) is 5.62. The van der Waals surface area contributed by atoms with Crippen LogP contribution in [0.1, 0.15) is 51.5 Å². The maximum absolute atomic E-state index is 12.1. The van der Waals surface area contributed by atoms with Crippen LogP contribution in [-0.2, 0) is 9.47 Å². The summed E-state index contributed by atoms with van der Waals surface area (Å²) in [6.07, 6.45) is 2.68. The lowest BCUT2D eigenvalue weighted by Gasteiger charge is -2.28. The first-order valence-corrected chi connectivity index (χ1v) is 11.7. The van der Waals surface area contributed by atoms with Gasteiger partial charge in [0.1, 0.15) is 0 Å². The van der Waals surface area contributed by atoms with E-state index in [1.54, 1.807) is 13.2 Å². The Morgan fingerprint density at radius 2 is 1.97 bits per heavy atom. The number of methoxy groups -OCH3 is 2. The number of hydrogen-bond donors (Lipinski definition) is 1. The van der Waals surface area contributed by atoms with Crippen LogP contribution in [0.3, 0.4) is 0 Å². The van der Waals surface area contributed by atoms with E-state index >= 15 is 0 Å². The number of carbonyl (C=O) groups excluding carboxylic acids is 1. The second-order valence-corrected chi connectivity index (χ2v) is 8.76.